The van der Waals surface area contributed by atoms with Crippen molar-refractivity contribution in [3.63, 3.8) is 0 Å². The van der Waals surface area contributed by atoms with Crippen LogP contribution >= 0.6 is 0 Å². The number of likely N-dealkylation sites (tertiary alicyclic amines) is 1. The Labute approximate surface area is 225 Å². The molecule has 9 heteroatoms. The average Bonchev–Trinajstić information content (AvgIpc) is 3.21. The highest BCUT2D eigenvalue weighted by atomic mass is 16.6. The largest absolute Gasteiger partial charge is 0.507 e. The topological polar surface area (TPSA) is 107 Å². The Bertz CT molecular complexity index is 1430. The van der Waals surface area contributed by atoms with Crippen molar-refractivity contribution in [3.05, 3.63) is 95.8 Å². The number of nitrogens with zero attached hydrogens (tertiary/aromatic N) is 2. The van der Waals surface area contributed by atoms with Gasteiger partial charge in [0.25, 0.3) is 11.7 Å². The third-order valence-corrected chi connectivity index (χ3v) is 6.37. The number of fused-ring (bicyclic) bond motifs is 1. The summed E-state index contributed by atoms with van der Waals surface area (Å²) in [5, 5.41) is 11.5. The van der Waals surface area contributed by atoms with Crippen LogP contribution in [-0.4, -0.2) is 53.1 Å². The van der Waals surface area contributed by atoms with Gasteiger partial charge in [-0.05, 0) is 54.4 Å². The van der Waals surface area contributed by atoms with E-state index in [4.69, 9.17) is 18.9 Å². The molecule has 1 fully saturated rings. The van der Waals surface area contributed by atoms with Crippen molar-refractivity contribution >= 4 is 17.4 Å². The van der Waals surface area contributed by atoms with Crippen molar-refractivity contribution in [2.45, 2.75) is 19.5 Å². The molecule has 200 valence electrons. The predicted octanol–water partition coefficient (Wildman–Crippen LogP) is 4.44. The van der Waals surface area contributed by atoms with Gasteiger partial charge in [0, 0.05) is 24.5 Å². The molecule has 0 saturated carbocycles. The zero-order valence-corrected chi connectivity index (χ0v) is 21.5. The van der Waals surface area contributed by atoms with Crippen molar-refractivity contribution in [1.82, 2.24) is 9.88 Å². The Kier molecular flexibility index (Phi) is 7.49. The fraction of sp³-hybridized carbons (Fsp3) is 0.233. The van der Waals surface area contributed by atoms with Crippen LogP contribution in [0.15, 0.2) is 79.2 Å². The van der Waals surface area contributed by atoms with E-state index in [1.54, 1.807) is 60.9 Å². The molecule has 3 aromatic rings. The van der Waals surface area contributed by atoms with E-state index < -0.39 is 17.7 Å². The summed E-state index contributed by atoms with van der Waals surface area (Å²) in [6.45, 7) is 7.09. The summed E-state index contributed by atoms with van der Waals surface area (Å²) in [4.78, 5) is 32.4. The molecule has 2 aliphatic heterocycles. The maximum Gasteiger partial charge on any atom is 0.295 e. The number of aromatic nitrogens is 1. The summed E-state index contributed by atoms with van der Waals surface area (Å²) in [6.07, 6.45) is 4.89. The summed E-state index contributed by atoms with van der Waals surface area (Å²) < 4.78 is 22.8. The number of ether oxygens (including phenoxy) is 4. The zero-order valence-electron chi connectivity index (χ0n) is 21.5. The zero-order chi connectivity index (χ0) is 27.4. The van der Waals surface area contributed by atoms with E-state index in [1.807, 2.05) is 13.0 Å². The number of pyridine rings is 1. The van der Waals surface area contributed by atoms with E-state index in [9.17, 15) is 14.7 Å². The minimum absolute atomic E-state index is 0.0391. The first-order chi connectivity index (χ1) is 19.0. The Morgan fingerprint density at radius 3 is 2.67 bits per heavy atom. The number of hydrogen-bond acceptors (Lipinski definition) is 8. The van der Waals surface area contributed by atoms with Gasteiger partial charge in [-0.15, -0.1) is 0 Å². The summed E-state index contributed by atoms with van der Waals surface area (Å²) in [5.41, 5.74) is 1.61. The van der Waals surface area contributed by atoms with Gasteiger partial charge < -0.3 is 29.0 Å². The lowest BCUT2D eigenvalue weighted by atomic mass is 9.94. The molecule has 1 unspecified atom stereocenters. The normalized spacial score (nSPS) is 17.7. The van der Waals surface area contributed by atoms with E-state index >= 15 is 0 Å². The van der Waals surface area contributed by atoms with Crippen molar-refractivity contribution in [1.29, 1.82) is 0 Å². The van der Waals surface area contributed by atoms with Gasteiger partial charge >= 0.3 is 0 Å². The number of aliphatic hydroxyl groups excluding tert-OH is 1. The number of benzene rings is 2. The van der Waals surface area contributed by atoms with Crippen LogP contribution in [0.2, 0.25) is 0 Å². The van der Waals surface area contributed by atoms with Crippen LogP contribution in [0.5, 0.6) is 23.0 Å². The molecule has 1 amide bonds. The molecule has 0 spiro atoms. The minimum Gasteiger partial charge on any atom is -0.507 e. The van der Waals surface area contributed by atoms with Crippen molar-refractivity contribution in [2.24, 2.45) is 0 Å². The Morgan fingerprint density at radius 2 is 1.92 bits per heavy atom. The monoisotopic (exact) mass is 528 g/mol. The summed E-state index contributed by atoms with van der Waals surface area (Å²) in [6, 6.07) is 12.8. The Morgan fingerprint density at radius 1 is 1.10 bits per heavy atom. The van der Waals surface area contributed by atoms with Gasteiger partial charge in [-0.3, -0.25) is 14.6 Å². The number of carbonyl (C=O) groups excluding carboxylic acids is 2. The summed E-state index contributed by atoms with van der Waals surface area (Å²) in [5.74, 6) is 0.111. The van der Waals surface area contributed by atoms with Crippen LogP contribution in [0.3, 0.4) is 0 Å². The van der Waals surface area contributed by atoms with Gasteiger partial charge in [0.2, 0.25) is 0 Å². The van der Waals surface area contributed by atoms with Gasteiger partial charge in [0.05, 0.1) is 18.2 Å². The average molecular weight is 529 g/mol. The van der Waals surface area contributed by atoms with Gasteiger partial charge in [-0.25, -0.2) is 0 Å². The van der Waals surface area contributed by atoms with Crippen LogP contribution < -0.4 is 18.9 Å². The molecular formula is C30H28N2O7. The van der Waals surface area contributed by atoms with E-state index in [-0.39, 0.29) is 24.5 Å². The number of amides is 1. The van der Waals surface area contributed by atoms with E-state index in [0.717, 1.165) is 5.56 Å². The molecular weight excluding hydrogens is 500 g/mol. The van der Waals surface area contributed by atoms with E-state index in [0.29, 0.717) is 53.9 Å². The molecule has 0 bridgehead atoms. The van der Waals surface area contributed by atoms with Crippen LogP contribution in [0.25, 0.3) is 5.76 Å². The predicted molar refractivity (Wildman–Crippen MR) is 143 cm³/mol. The maximum absolute atomic E-state index is 13.5. The number of hydrogen-bond donors (Lipinski definition) is 1. The van der Waals surface area contributed by atoms with E-state index in [2.05, 4.69) is 11.6 Å². The van der Waals surface area contributed by atoms with Crippen molar-refractivity contribution < 1.29 is 33.6 Å². The molecule has 9 nitrogen and oxygen atoms in total. The van der Waals surface area contributed by atoms with Crippen molar-refractivity contribution in [2.75, 3.05) is 26.4 Å². The molecule has 1 atom stereocenters. The minimum atomic E-state index is -0.897. The second-order valence-corrected chi connectivity index (χ2v) is 8.89. The van der Waals surface area contributed by atoms with Gasteiger partial charge in [-0.1, -0.05) is 24.8 Å². The molecule has 1 N–H and O–H groups in total. The molecule has 2 aromatic carbocycles. The van der Waals surface area contributed by atoms with Gasteiger partial charge in [0.1, 0.15) is 25.6 Å². The number of ketones is 1. The standard InChI is InChI=1S/C30H28N2O7/c1-3-12-37-22-9-7-20(15-24(22)36-4-2)27-26(28(33)21-8-10-23-25(16-21)39-14-13-38-23)29(34)30(35)32(27)18-19-6-5-11-31-17-19/h3,5-11,15-17,27,33H,1,4,12-14,18H2,2H3/b28-26-. The van der Waals surface area contributed by atoms with Crippen LogP contribution in [0, 0.1) is 0 Å². The van der Waals surface area contributed by atoms with Crippen LogP contribution in [0.4, 0.5) is 0 Å². The fourth-order valence-corrected chi connectivity index (χ4v) is 4.66. The first kappa shape index (κ1) is 25.8. The lowest BCUT2D eigenvalue weighted by Gasteiger charge is -2.26. The van der Waals surface area contributed by atoms with E-state index in [1.165, 1.54) is 4.90 Å². The van der Waals surface area contributed by atoms with Crippen molar-refractivity contribution in [3.8, 4) is 23.0 Å². The molecule has 2 aliphatic rings. The first-order valence-electron chi connectivity index (χ1n) is 12.6. The molecule has 1 aromatic heterocycles. The fourth-order valence-electron chi connectivity index (χ4n) is 4.66. The highest BCUT2D eigenvalue weighted by Crippen LogP contribution is 2.43. The third kappa shape index (κ3) is 5.16. The number of carbonyl (C=O) groups is 2. The highest BCUT2D eigenvalue weighted by Gasteiger charge is 2.46. The SMILES string of the molecule is C=CCOc1ccc(C2/C(=C(/O)c3ccc4c(c3)OCCO4)C(=O)C(=O)N2Cc2cccnc2)cc1OCC. The summed E-state index contributed by atoms with van der Waals surface area (Å²) in [7, 11) is 0. The molecule has 0 radical (unpaired) electrons. The maximum atomic E-state index is 13.5. The molecule has 0 aliphatic carbocycles. The number of aliphatic hydroxyl groups is 1. The molecule has 3 heterocycles. The Hall–Kier alpha value is -4.79. The molecule has 39 heavy (non-hydrogen) atoms. The quantitative estimate of drug-likeness (QED) is 0.188. The lowest BCUT2D eigenvalue weighted by Crippen LogP contribution is -2.29. The second kappa shape index (κ2) is 11.3. The Balaban J connectivity index is 1.64. The van der Waals surface area contributed by atoms with Gasteiger partial charge in [0.15, 0.2) is 23.0 Å². The van der Waals surface area contributed by atoms with Gasteiger partial charge in [-0.2, -0.15) is 0 Å². The summed E-state index contributed by atoms with van der Waals surface area (Å²) >= 11 is 0. The van der Waals surface area contributed by atoms with Crippen LogP contribution in [0.1, 0.15) is 29.7 Å². The van der Waals surface area contributed by atoms with Crippen LogP contribution in [-0.2, 0) is 16.1 Å². The first-order valence-corrected chi connectivity index (χ1v) is 12.6. The number of Topliss-reactive ketones (excluding diaryl/α,β-unsaturated/α-hetero) is 1. The second-order valence-electron chi connectivity index (χ2n) is 8.89. The highest BCUT2D eigenvalue weighted by molar-refractivity contribution is 6.46. The molecule has 5 rings (SSSR count). The smallest absolute Gasteiger partial charge is 0.295 e. The third-order valence-electron chi connectivity index (χ3n) is 6.37. The molecule has 1 saturated heterocycles. The lowest BCUT2D eigenvalue weighted by molar-refractivity contribution is -0.140. The number of rotatable bonds is 9.